The van der Waals surface area contributed by atoms with Crippen molar-refractivity contribution in [1.82, 2.24) is 0 Å². The molecule has 2 nitrogen and oxygen atoms in total. The average Bonchev–Trinajstić information content (AvgIpc) is 2.26. The van der Waals surface area contributed by atoms with Crippen molar-refractivity contribution in [2.45, 2.75) is 52.9 Å². The second-order valence-corrected chi connectivity index (χ2v) is 6.15. The highest BCUT2D eigenvalue weighted by molar-refractivity contribution is 5.68. The summed E-state index contributed by atoms with van der Waals surface area (Å²) in [5.74, 6) is -0.614. The Hall–Kier alpha value is -1.31. The van der Waals surface area contributed by atoms with Gasteiger partial charge < -0.3 is 5.11 Å². The summed E-state index contributed by atoms with van der Waals surface area (Å²) in [7, 11) is 0. The molecule has 0 amide bonds. The summed E-state index contributed by atoms with van der Waals surface area (Å²) in [4.78, 5) is 11.0. The van der Waals surface area contributed by atoms with E-state index < -0.39 is 5.97 Å². The van der Waals surface area contributed by atoms with Crippen molar-refractivity contribution in [1.29, 1.82) is 0 Å². The zero-order valence-corrected chi connectivity index (χ0v) is 11.9. The smallest absolute Gasteiger partial charge is 0.303 e. The van der Waals surface area contributed by atoms with Gasteiger partial charge in [0.05, 0.1) is 6.42 Å². The summed E-state index contributed by atoms with van der Waals surface area (Å²) in [5, 5.41) is 9.04. The van der Waals surface area contributed by atoms with E-state index in [0.29, 0.717) is 0 Å². The van der Waals surface area contributed by atoms with Gasteiger partial charge >= 0.3 is 5.97 Å². The standard InChI is InChI=1S/C16H24O2/c1-5-12-6-8-13(9-7-12)14(10-15(17)18)11-16(2,3)4/h6-9,14H,5,10-11H2,1-4H3,(H,17,18). The molecule has 1 atom stereocenters. The number of hydrogen-bond acceptors (Lipinski definition) is 1. The number of aryl methyl sites for hydroxylation is 1. The fourth-order valence-corrected chi connectivity index (χ4v) is 2.28. The van der Waals surface area contributed by atoms with E-state index >= 15 is 0 Å². The summed E-state index contributed by atoms with van der Waals surface area (Å²) in [5.41, 5.74) is 2.58. The van der Waals surface area contributed by atoms with Gasteiger partial charge in [-0.15, -0.1) is 0 Å². The summed E-state index contributed by atoms with van der Waals surface area (Å²) in [6, 6.07) is 8.37. The third-order valence-corrected chi connectivity index (χ3v) is 3.14. The molecule has 1 aromatic rings. The van der Waals surface area contributed by atoms with Gasteiger partial charge in [-0.1, -0.05) is 52.0 Å². The first-order chi connectivity index (χ1) is 8.31. The summed E-state index contributed by atoms with van der Waals surface area (Å²) in [6.07, 6.45) is 2.12. The topological polar surface area (TPSA) is 37.3 Å². The maximum atomic E-state index is 11.0. The molecule has 18 heavy (non-hydrogen) atoms. The van der Waals surface area contributed by atoms with E-state index in [1.54, 1.807) is 0 Å². The summed E-state index contributed by atoms with van der Waals surface area (Å²) in [6.45, 7) is 8.59. The number of carboxylic acids is 1. The number of carboxylic acid groups (broad SMARTS) is 1. The van der Waals surface area contributed by atoms with Gasteiger partial charge in [0.1, 0.15) is 0 Å². The number of aliphatic carboxylic acids is 1. The third kappa shape index (κ3) is 4.91. The minimum absolute atomic E-state index is 0.105. The molecule has 1 rings (SSSR count). The normalized spacial score (nSPS) is 13.3. The lowest BCUT2D eigenvalue weighted by Gasteiger charge is -2.25. The molecular formula is C16H24O2. The van der Waals surface area contributed by atoms with Gasteiger partial charge in [0, 0.05) is 0 Å². The first-order valence-corrected chi connectivity index (χ1v) is 6.62. The van der Waals surface area contributed by atoms with Gasteiger partial charge in [-0.25, -0.2) is 0 Å². The maximum absolute atomic E-state index is 11.0. The molecule has 0 spiro atoms. The number of benzene rings is 1. The fraction of sp³-hybridized carbons (Fsp3) is 0.562. The van der Waals surface area contributed by atoms with Crippen molar-refractivity contribution in [3.63, 3.8) is 0 Å². The van der Waals surface area contributed by atoms with Gasteiger partial charge in [0.2, 0.25) is 0 Å². The number of rotatable bonds is 5. The van der Waals surface area contributed by atoms with E-state index in [2.05, 4.69) is 52.0 Å². The van der Waals surface area contributed by atoms with Crippen molar-refractivity contribution >= 4 is 5.97 Å². The molecule has 0 saturated heterocycles. The Morgan fingerprint density at radius 1 is 1.22 bits per heavy atom. The lowest BCUT2D eigenvalue weighted by Crippen LogP contribution is -2.15. The molecular weight excluding hydrogens is 224 g/mol. The highest BCUT2D eigenvalue weighted by Gasteiger charge is 2.22. The molecule has 0 aliphatic heterocycles. The molecule has 0 radical (unpaired) electrons. The lowest BCUT2D eigenvalue weighted by molar-refractivity contribution is -0.137. The Balaban J connectivity index is 2.90. The van der Waals surface area contributed by atoms with Crippen LogP contribution in [0.2, 0.25) is 0 Å². The van der Waals surface area contributed by atoms with Gasteiger partial charge in [0.25, 0.3) is 0 Å². The average molecular weight is 248 g/mol. The lowest BCUT2D eigenvalue weighted by atomic mass is 9.80. The SMILES string of the molecule is CCc1ccc(C(CC(=O)O)CC(C)(C)C)cc1. The van der Waals surface area contributed by atoms with Gasteiger partial charge in [-0.2, -0.15) is 0 Å². The van der Waals surface area contributed by atoms with Crippen LogP contribution in [-0.2, 0) is 11.2 Å². The van der Waals surface area contributed by atoms with Crippen molar-refractivity contribution in [3.05, 3.63) is 35.4 Å². The Kier molecular flexibility index (Phi) is 4.94. The number of hydrogen-bond donors (Lipinski definition) is 1. The van der Waals surface area contributed by atoms with Crippen molar-refractivity contribution < 1.29 is 9.90 Å². The van der Waals surface area contributed by atoms with Crippen LogP contribution in [0.4, 0.5) is 0 Å². The maximum Gasteiger partial charge on any atom is 0.303 e. The Morgan fingerprint density at radius 2 is 1.78 bits per heavy atom. The molecule has 0 aliphatic rings. The van der Waals surface area contributed by atoms with Crippen molar-refractivity contribution in [2.24, 2.45) is 5.41 Å². The molecule has 0 saturated carbocycles. The molecule has 0 aromatic heterocycles. The van der Waals surface area contributed by atoms with Gasteiger partial charge in [0.15, 0.2) is 0 Å². The minimum atomic E-state index is -0.719. The van der Waals surface area contributed by atoms with E-state index in [4.69, 9.17) is 5.11 Å². The second-order valence-electron chi connectivity index (χ2n) is 6.15. The van der Waals surface area contributed by atoms with Crippen LogP contribution in [0.15, 0.2) is 24.3 Å². The summed E-state index contributed by atoms with van der Waals surface area (Å²) < 4.78 is 0. The Labute approximate surface area is 110 Å². The fourth-order valence-electron chi connectivity index (χ4n) is 2.28. The van der Waals surface area contributed by atoms with Crippen LogP contribution in [-0.4, -0.2) is 11.1 Å². The quantitative estimate of drug-likeness (QED) is 0.846. The van der Waals surface area contributed by atoms with Crippen LogP contribution < -0.4 is 0 Å². The number of carbonyl (C=O) groups is 1. The Morgan fingerprint density at radius 3 is 2.17 bits per heavy atom. The minimum Gasteiger partial charge on any atom is -0.481 e. The molecule has 0 bridgehead atoms. The van der Waals surface area contributed by atoms with Crippen LogP contribution in [0.3, 0.4) is 0 Å². The predicted molar refractivity (Wildman–Crippen MR) is 74.9 cm³/mol. The predicted octanol–water partition coefficient (Wildman–Crippen LogP) is 4.24. The highest BCUT2D eigenvalue weighted by atomic mass is 16.4. The molecule has 1 unspecified atom stereocenters. The van der Waals surface area contributed by atoms with Crippen molar-refractivity contribution in [2.75, 3.05) is 0 Å². The van der Waals surface area contributed by atoms with Crippen LogP contribution in [0.5, 0.6) is 0 Å². The highest BCUT2D eigenvalue weighted by Crippen LogP contribution is 2.33. The second kappa shape index (κ2) is 6.03. The molecule has 0 heterocycles. The zero-order chi connectivity index (χ0) is 13.8. The molecule has 2 heteroatoms. The molecule has 100 valence electrons. The summed E-state index contributed by atoms with van der Waals surface area (Å²) >= 11 is 0. The van der Waals surface area contributed by atoms with E-state index in [-0.39, 0.29) is 17.8 Å². The van der Waals surface area contributed by atoms with Crippen molar-refractivity contribution in [3.8, 4) is 0 Å². The molecule has 0 aliphatic carbocycles. The largest absolute Gasteiger partial charge is 0.481 e. The van der Waals surface area contributed by atoms with E-state index in [9.17, 15) is 4.79 Å². The molecule has 1 aromatic carbocycles. The third-order valence-electron chi connectivity index (χ3n) is 3.14. The molecule has 1 N–H and O–H groups in total. The van der Waals surface area contributed by atoms with Crippen LogP contribution >= 0.6 is 0 Å². The van der Waals surface area contributed by atoms with Crippen LogP contribution in [0.1, 0.15) is 57.6 Å². The van der Waals surface area contributed by atoms with E-state index in [0.717, 1.165) is 18.4 Å². The van der Waals surface area contributed by atoms with Gasteiger partial charge in [-0.3, -0.25) is 4.79 Å². The van der Waals surface area contributed by atoms with Crippen LogP contribution in [0.25, 0.3) is 0 Å². The van der Waals surface area contributed by atoms with Crippen LogP contribution in [0, 0.1) is 5.41 Å². The zero-order valence-electron chi connectivity index (χ0n) is 11.9. The van der Waals surface area contributed by atoms with Gasteiger partial charge in [-0.05, 0) is 35.3 Å². The first kappa shape index (κ1) is 14.7. The first-order valence-electron chi connectivity index (χ1n) is 6.62. The monoisotopic (exact) mass is 248 g/mol. The Bertz CT molecular complexity index is 385. The van der Waals surface area contributed by atoms with E-state index in [1.165, 1.54) is 5.56 Å². The van der Waals surface area contributed by atoms with E-state index in [1.807, 2.05) is 0 Å². The molecule has 0 fully saturated rings.